The van der Waals surface area contributed by atoms with Gasteiger partial charge in [0.1, 0.15) is 10.1 Å². The fraction of sp³-hybridized carbons (Fsp3) is 0.0714. The third kappa shape index (κ3) is 4.02. The molecule has 20 heavy (non-hydrogen) atoms. The van der Waals surface area contributed by atoms with Crippen molar-refractivity contribution in [1.82, 2.24) is 0 Å². The van der Waals surface area contributed by atoms with Crippen molar-refractivity contribution in [2.24, 2.45) is 0 Å². The van der Waals surface area contributed by atoms with Gasteiger partial charge in [0.2, 0.25) is 0 Å². The predicted molar refractivity (Wildman–Crippen MR) is 76.6 cm³/mol. The number of fused-ring (bicyclic) bond motifs is 1. The first kappa shape index (κ1) is 14.9. The number of benzene rings is 2. The molecule has 0 bridgehead atoms. The molecule has 1 aromatic heterocycles. The van der Waals surface area contributed by atoms with Gasteiger partial charge in [0.05, 0.1) is 4.90 Å². The van der Waals surface area contributed by atoms with Gasteiger partial charge in [-0.15, -0.1) is 0 Å². The molecule has 0 aliphatic carbocycles. The summed E-state index contributed by atoms with van der Waals surface area (Å²) < 4.78 is 32.6. The van der Waals surface area contributed by atoms with Crippen molar-refractivity contribution in [3.05, 3.63) is 59.2 Å². The van der Waals surface area contributed by atoms with Gasteiger partial charge in [-0.25, -0.2) is 8.42 Å². The molecule has 3 rings (SSSR count). The van der Waals surface area contributed by atoms with Gasteiger partial charge < -0.3 is 4.55 Å². The van der Waals surface area contributed by atoms with Gasteiger partial charge in [-0.1, -0.05) is 17.7 Å². The van der Waals surface area contributed by atoms with Gasteiger partial charge in [0.25, 0.3) is 0 Å². The Morgan fingerprint density at radius 1 is 1.05 bits per heavy atom. The first-order valence-electron chi connectivity index (χ1n) is 5.83. The Balaban J connectivity index is 0.000000149. The van der Waals surface area contributed by atoms with Crippen LogP contribution in [0, 0.1) is 6.92 Å². The number of hydrogen-bond acceptors (Lipinski definition) is 3. The molecule has 0 fully saturated rings. The van der Waals surface area contributed by atoms with E-state index in [-0.39, 0.29) is 4.90 Å². The van der Waals surface area contributed by atoms with E-state index in [1.54, 1.807) is 12.1 Å². The molecular formula is C14H13NO3SSe. The summed E-state index contributed by atoms with van der Waals surface area (Å²) in [5.41, 5.74) is 2.22. The molecule has 1 N–H and O–H groups in total. The van der Waals surface area contributed by atoms with E-state index in [1.807, 2.05) is 6.92 Å². The summed E-state index contributed by atoms with van der Waals surface area (Å²) in [5.74, 6) is 0. The normalized spacial score (nSPS) is 10.9. The van der Waals surface area contributed by atoms with Crippen molar-refractivity contribution in [3.63, 3.8) is 0 Å². The zero-order valence-corrected chi connectivity index (χ0v) is 13.3. The Morgan fingerprint density at radius 3 is 2.30 bits per heavy atom. The molecule has 0 unspecified atom stereocenters. The molecule has 0 saturated heterocycles. The Kier molecular flexibility index (Phi) is 4.73. The summed E-state index contributed by atoms with van der Waals surface area (Å²) in [6.07, 6.45) is 0. The van der Waals surface area contributed by atoms with E-state index >= 15 is 0 Å². The van der Waals surface area contributed by atoms with E-state index in [2.05, 4.69) is 34.3 Å². The van der Waals surface area contributed by atoms with Gasteiger partial charge in [0, 0.05) is 0 Å². The van der Waals surface area contributed by atoms with Crippen molar-refractivity contribution in [3.8, 4) is 0 Å². The molecule has 0 atom stereocenters. The average molecular weight is 354 g/mol. The van der Waals surface area contributed by atoms with Gasteiger partial charge in [-0.3, -0.25) is 0 Å². The van der Waals surface area contributed by atoms with Crippen LogP contribution in [0.1, 0.15) is 5.56 Å². The number of hydrogen-bond donors (Lipinski definition) is 0. The van der Waals surface area contributed by atoms with Crippen molar-refractivity contribution in [2.45, 2.75) is 11.8 Å². The standard InChI is InChI=1S/C7H5NSe.C7H8O3S/c1-2-4-7-6(3-1)8-5-9-7;1-6-2-4-7(5-3-6)11(8,9)10/h1-5H;2-5H,1H3,(H,8,9,10). The Hall–Kier alpha value is -1.46. The van der Waals surface area contributed by atoms with Gasteiger partial charge >= 0.3 is 58.6 Å². The van der Waals surface area contributed by atoms with Crippen molar-refractivity contribution in [2.75, 3.05) is 0 Å². The summed E-state index contributed by atoms with van der Waals surface area (Å²) >= 11 is 0.566. The molecule has 0 radical (unpaired) electrons. The average Bonchev–Trinajstić information content (AvgIpc) is 2.87. The summed E-state index contributed by atoms with van der Waals surface area (Å²) in [6, 6.07) is 14.2. The second-order valence-corrected chi connectivity index (χ2v) is 7.43. The van der Waals surface area contributed by atoms with Crippen LogP contribution in [0.2, 0.25) is 0 Å². The summed E-state index contributed by atoms with van der Waals surface area (Å²) in [5, 5.41) is 2.14. The van der Waals surface area contributed by atoms with Crippen LogP contribution in [-0.2, 0) is 10.1 Å². The molecule has 0 aliphatic heterocycles. The maximum absolute atomic E-state index is 10.4. The summed E-state index contributed by atoms with van der Waals surface area (Å²) in [6.45, 7) is 1.82. The number of aromatic nitrogens is 1. The SMILES string of the molecule is Cc1ccc(S(=O)(=O)[O-])cc1.c1ccc2[se]c[nH+]c2c1. The summed E-state index contributed by atoms with van der Waals surface area (Å²) in [7, 11) is -4.27. The van der Waals surface area contributed by atoms with Gasteiger partial charge in [0.15, 0.2) is 0 Å². The Bertz CT molecular complexity index is 764. The first-order chi connectivity index (χ1) is 9.47. The predicted octanol–water partition coefficient (Wildman–Crippen LogP) is 1.61. The van der Waals surface area contributed by atoms with E-state index in [9.17, 15) is 13.0 Å². The van der Waals surface area contributed by atoms with Crippen LogP contribution in [0.3, 0.4) is 0 Å². The number of aryl methyl sites for hydroxylation is 1. The number of H-pyrrole nitrogens is 1. The second kappa shape index (κ2) is 6.33. The molecule has 3 aromatic rings. The molecule has 0 saturated carbocycles. The van der Waals surface area contributed by atoms with Crippen LogP contribution in [-0.4, -0.2) is 27.5 Å². The van der Waals surface area contributed by atoms with E-state index in [1.165, 1.54) is 21.9 Å². The number of para-hydroxylation sites is 1. The number of nitrogens with one attached hydrogen (secondary N) is 1. The molecular weight excluding hydrogens is 341 g/mol. The first-order valence-corrected chi connectivity index (χ1v) is 9.09. The monoisotopic (exact) mass is 355 g/mol. The zero-order valence-electron chi connectivity index (χ0n) is 10.7. The minimum atomic E-state index is -4.27. The fourth-order valence-corrected chi connectivity index (χ4v) is 3.54. The van der Waals surface area contributed by atoms with Crippen LogP contribution < -0.4 is 4.98 Å². The summed E-state index contributed by atoms with van der Waals surface area (Å²) in [4.78, 5) is 3.03. The second-order valence-electron chi connectivity index (χ2n) is 4.14. The Morgan fingerprint density at radius 2 is 1.70 bits per heavy atom. The van der Waals surface area contributed by atoms with Crippen LogP contribution in [0.15, 0.2) is 58.5 Å². The fourth-order valence-electron chi connectivity index (χ4n) is 1.55. The number of rotatable bonds is 1. The van der Waals surface area contributed by atoms with E-state index < -0.39 is 10.1 Å². The van der Waals surface area contributed by atoms with Crippen LogP contribution in [0.4, 0.5) is 0 Å². The van der Waals surface area contributed by atoms with Crippen LogP contribution >= 0.6 is 0 Å². The van der Waals surface area contributed by atoms with Crippen LogP contribution in [0.25, 0.3) is 9.78 Å². The van der Waals surface area contributed by atoms with E-state index in [0.717, 1.165) is 5.56 Å². The Labute approximate surface area is 123 Å². The molecule has 0 aliphatic rings. The third-order valence-electron chi connectivity index (χ3n) is 2.60. The van der Waals surface area contributed by atoms with Crippen molar-refractivity contribution >= 4 is 34.4 Å². The third-order valence-corrected chi connectivity index (χ3v) is 5.22. The minimum absolute atomic E-state index is 0.178. The number of aromatic amines is 1. The quantitative estimate of drug-likeness (QED) is 0.492. The van der Waals surface area contributed by atoms with Gasteiger partial charge in [-0.05, 0) is 19.1 Å². The topological polar surface area (TPSA) is 71.3 Å². The zero-order chi connectivity index (χ0) is 14.6. The van der Waals surface area contributed by atoms with E-state index in [0.29, 0.717) is 14.5 Å². The molecule has 6 heteroatoms. The van der Waals surface area contributed by atoms with Crippen LogP contribution in [0.5, 0.6) is 0 Å². The molecule has 1 heterocycles. The molecule has 0 amide bonds. The molecule has 4 nitrogen and oxygen atoms in total. The molecule has 2 aromatic carbocycles. The van der Waals surface area contributed by atoms with Crippen molar-refractivity contribution < 1.29 is 18.0 Å². The van der Waals surface area contributed by atoms with E-state index in [4.69, 9.17) is 0 Å². The molecule has 0 spiro atoms. The molecule has 104 valence electrons. The van der Waals surface area contributed by atoms with Crippen molar-refractivity contribution in [1.29, 1.82) is 0 Å². The maximum atomic E-state index is 10.4. The van der Waals surface area contributed by atoms with Gasteiger partial charge in [-0.2, -0.15) is 0 Å².